The van der Waals surface area contributed by atoms with Crippen molar-refractivity contribution in [2.75, 3.05) is 7.11 Å². The minimum Gasteiger partial charge on any atom is -0.508 e. The van der Waals surface area contributed by atoms with Crippen molar-refractivity contribution in [1.82, 2.24) is 0 Å². The van der Waals surface area contributed by atoms with Crippen molar-refractivity contribution < 1.29 is 19.1 Å². The lowest BCUT2D eigenvalue weighted by atomic mass is 10.1. The molecule has 2 aromatic rings. The molecule has 0 aliphatic heterocycles. The molecule has 1 aromatic heterocycles. The van der Waals surface area contributed by atoms with Gasteiger partial charge in [-0.3, -0.25) is 9.59 Å². The Labute approximate surface area is 108 Å². The van der Waals surface area contributed by atoms with E-state index in [4.69, 9.17) is 9.15 Å². The van der Waals surface area contributed by atoms with E-state index in [-0.39, 0.29) is 17.1 Å². The number of phenols is 1. The van der Waals surface area contributed by atoms with E-state index in [0.717, 1.165) is 0 Å². The third-order valence-electron chi connectivity index (χ3n) is 3.48. The molecule has 0 radical (unpaired) electrons. The molecular weight excluding hydrogens is 248 g/mol. The first-order valence-corrected chi connectivity index (χ1v) is 5.98. The molecule has 0 fully saturated rings. The van der Waals surface area contributed by atoms with E-state index in [9.17, 15) is 14.7 Å². The lowest BCUT2D eigenvalue weighted by Crippen LogP contribution is -2.13. The number of fused-ring (bicyclic) bond motifs is 2. The van der Waals surface area contributed by atoms with Crippen LogP contribution >= 0.6 is 0 Å². The third-order valence-corrected chi connectivity index (χ3v) is 3.48. The molecule has 19 heavy (non-hydrogen) atoms. The van der Waals surface area contributed by atoms with Crippen molar-refractivity contribution in [3.63, 3.8) is 0 Å². The number of ether oxygens (including phenoxy) is 1. The van der Waals surface area contributed by atoms with Crippen molar-refractivity contribution in [2.24, 2.45) is 0 Å². The first-order chi connectivity index (χ1) is 9.11. The lowest BCUT2D eigenvalue weighted by molar-refractivity contribution is -0.142. The molecule has 1 aromatic carbocycles. The van der Waals surface area contributed by atoms with Crippen LogP contribution in [0.5, 0.6) is 5.75 Å². The van der Waals surface area contributed by atoms with Crippen molar-refractivity contribution >= 4 is 16.9 Å². The SMILES string of the molecule is COC(=O)[C@@H]1CCc2c1oc1ccc(O)cc1c2=O. The average Bonchev–Trinajstić information content (AvgIpc) is 2.83. The molecule has 0 bridgehead atoms. The first-order valence-electron chi connectivity index (χ1n) is 5.98. The molecule has 0 spiro atoms. The molecule has 5 nitrogen and oxygen atoms in total. The van der Waals surface area contributed by atoms with Crippen molar-refractivity contribution in [3.05, 3.63) is 39.7 Å². The Balaban J connectivity index is 2.27. The standard InChI is InChI=1S/C14H12O5/c1-18-14(17)9-4-3-8-12(16)10-6-7(15)2-5-11(10)19-13(8)9/h2,5-6,9,15H,3-4H2,1H3/t9-/m1/s1. The number of rotatable bonds is 1. The second-order valence-electron chi connectivity index (χ2n) is 4.57. The van der Waals surface area contributed by atoms with Crippen LogP contribution in [0.4, 0.5) is 0 Å². The van der Waals surface area contributed by atoms with Crippen LogP contribution < -0.4 is 5.43 Å². The number of carbonyl (C=O) groups excluding carboxylic acids is 1. The summed E-state index contributed by atoms with van der Waals surface area (Å²) in [5.41, 5.74) is 0.699. The van der Waals surface area contributed by atoms with Crippen LogP contribution in [0.15, 0.2) is 27.4 Å². The van der Waals surface area contributed by atoms with E-state index in [2.05, 4.69) is 0 Å². The maximum absolute atomic E-state index is 12.3. The van der Waals surface area contributed by atoms with Crippen LogP contribution in [0, 0.1) is 0 Å². The highest BCUT2D eigenvalue weighted by Gasteiger charge is 2.34. The van der Waals surface area contributed by atoms with Gasteiger partial charge in [0.2, 0.25) is 0 Å². The number of carbonyl (C=O) groups is 1. The van der Waals surface area contributed by atoms with Gasteiger partial charge in [-0.2, -0.15) is 0 Å². The van der Waals surface area contributed by atoms with E-state index >= 15 is 0 Å². The molecule has 1 aliphatic rings. The van der Waals surface area contributed by atoms with Gasteiger partial charge in [0.05, 0.1) is 12.5 Å². The first kappa shape index (κ1) is 11.8. The van der Waals surface area contributed by atoms with Crippen LogP contribution in [-0.4, -0.2) is 18.2 Å². The molecular formula is C14H12O5. The van der Waals surface area contributed by atoms with Gasteiger partial charge in [-0.15, -0.1) is 0 Å². The maximum atomic E-state index is 12.3. The highest BCUT2D eigenvalue weighted by molar-refractivity contribution is 5.82. The van der Waals surface area contributed by atoms with E-state index in [1.807, 2.05) is 0 Å². The lowest BCUT2D eigenvalue weighted by Gasteiger charge is -2.08. The topological polar surface area (TPSA) is 76.7 Å². The predicted molar refractivity (Wildman–Crippen MR) is 67.2 cm³/mol. The summed E-state index contributed by atoms with van der Waals surface area (Å²) in [6, 6.07) is 4.35. The van der Waals surface area contributed by atoms with Crippen molar-refractivity contribution in [3.8, 4) is 5.75 Å². The zero-order valence-electron chi connectivity index (χ0n) is 10.3. The minimum atomic E-state index is -0.508. The smallest absolute Gasteiger partial charge is 0.316 e. The molecule has 3 rings (SSSR count). The van der Waals surface area contributed by atoms with Gasteiger partial charge in [-0.1, -0.05) is 0 Å². The zero-order chi connectivity index (χ0) is 13.6. The maximum Gasteiger partial charge on any atom is 0.316 e. The second kappa shape index (κ2) is 4.12. The van der Waals surface area contributed by atoms with Crippen LogP contribution in [0.3, 0.4) is 0 Å². The van der Waals surface area contributed by atoms with E-state index in [0.29, 0.717) is 35.1 Å². The summed E-state index contributed by atoms with van der Waals surface area (Å²) in [7, 11) is 1.32. The summed E-state index contributed by atoms with van der Waals surface area (Å²) in [5, 5.41) is 9.76. The summed E-state index contributed by atoms with van der Waals surface area (Å²) in [6.45, 7) is 0. The fourth-order valence-corrected chi connectivity index (χ4v) is 2.54. The van der Waals surface area contributed by atoms with Crippen molar-refractivity contribution in [2.45, 2.75) is 18.8 Å². The predicted octanol–water partition coefficient (Wildman–Crippen LogP) is 1.70. The fourth-order valence-electron chi connectivity index (χ4n) is 2.54. The Morgan fingerprint density at radius 3 is 3.00 bits per heavy atom. The molecule has 0 amide bonds. The molecule has 1 heterocycles. The number of hydrogen-bond acceptors (Lipinski definition) is 5. The molecule has 98 valence electrons. The monoisotopic (exact) mass is 260 g/mol. The van der Waals surface area contributed by atoms with Gasteiger partial charge in [0.15, 0.2) is 5.43 Å². The second-order valence-corrected chi connectivity index (χ2v) is 4.57. The summed E-state index contributed by atoms with van der Waals surface area (Å²) in [4.78, 5) is 24.0. The largest absolute Gasteiger partial charge is 0.508 e. The Morgan fingerprint density at radius 1 is 1.47 bits per heavy atom. The molecule has 0 saturated heterocycles. The number of methoxy groups -OCH3 is 1. The quantitative estimate of drug-likeness (QED) is 0.790. The number of phenolic OH excluding ortho intramolecular Hbond substituents is 1. The highest BCUT2D eigenvalue weighted by atomic mass is 16.5. The molecule has 1 atom stereocenters. The van der Waals surface area contributed by atoms with Crippen LogP contribution in [-0.2, 0) is 16.0 Å². The number of aromatic hydroxyl groups is 1. The molecule has 0 unspecified atom stereocenters. The highest BCUT2D eigenvalue weighted by Crippen LogP contribution is 2.34. The Kier molecular flexibility index (Phi) is 2.55. The van der Waals surface area contributed by atoms with Gasteiger partial charge >= 0.3 is 5.97 Å². The summed E-state index contributed by atoms with van der Waals surface area (Å²) < 4.78 is 10.4. The van der Waals surface area contributed by atoms with E-state index < -0.39 is 5.92 Å². The Morgan fingerprint density at radius 2 is 2.26 bits per heavy atom. The van der Waals surface area contributed by atoms with Gasteiger partial charge in [0.25, 0.3) is 0 Å². The summed E-state index contributed by atoms with van der Waals surface area (Å²) >= 11 is 0. The minimum absolute atomic E-state index is 0.0160. The molecule has 0 saturated carbocycles. The third kappa shape index (κ3) is 1.69. The molecule has 1 aliphatic carbocycles. The van der Waals surface area contributed by atoms with E-state index in [1.165, 1.54) is 25.3 Å². The fraction of sp³-hybridized carbons (Fsp3) is 0.286. The van der Waals surface area contributed by atoms with Gasteiger partial charge < -0.3 is 14.3 Å². The summed E-state index contributed by atoms with van der Waals surface area (Å²) in [6.07, 6.45) is 1.01. The zero-order valence-corrected chi connectivity index (χ0v) is 10.3. The Hall–Kier alpha value is -2.30. The number of benzene rings is 1. The van der Waals surface area contributed by atoms with Crippen LogP contribution in [0.2, 0.25) is 0 Å². The van der Waals surface area contributed by atoms with Crippen LogP contribution in [0.1, 0.15) is 23.7 Å². The van der Waals surface area contributed by atoms with Gasteiger partial charge in [-0.25, -0.2) is 0 Å². The molecule has 5 heteroatoms. The normalized spacial score (nSPS) is 17.4. The molecule has 1 N–H and O–H groups in total. The average molecular weight is 260 g/mol. The van der Waals surface area contributed by atoms with Crippen molar-refractivity contribution in [1.29, 1.82) is 0 Å². The Bertz CT molecular complexity index is 728. The van der Waals surface area contributed by atoms with E-state index in [1.54, 1.807) is 0 Å². The van der Waals surface area contributed by atoms with Crippen LogP contribution in [0.25, 0.3) is 11.0 Å². The number of esters is 1. The van der Waals surface area contributed by atoms with Gasteiger partial charge in [0, 0.05) is 5.56 Å². The van der Waals surface area contributed by atoms with Gasteiger partial charge in [-0.05, 0) is 31.0 Å². The van der Waals surface area contributed by atoms with Gasteiger partial charge in [0.1, 0.15) is 23.0 Å². The summed E-state index contributed by atoms with van der Waals surface area (Å²) in [5.74, 6) is -0.483. The number of hydrogen-bond donors (Lipinski definition) is 1.